The molecular weight excluding hydrogens is 166 g/mol. The van der Waals surface area contributed by atoms with Gasteiger partial charge in [-0.15, -0.1) is 0 Å². The standard InChI is InChI=1S/C10H21NS/c1-5-10(2,3)11(4)8-6-7-9-12/h6-7,12H,5,8-9H2,1-4H3. The summed E-state index contributed by atoms with van der Waals surface area (Å²) in [7, 11) is 2.16. The highest BCUT2D eigenvalue weighted by Gasteiger charge is 2.19. The molecule has 0 rings (SSSR count). The van der Waals surface area contributed by atoms with Crippen LogP contribution in [-0.2, 0) is 0 Å². The molecule has 0 aliphatic rings. The molecule has 0 radical (unpaired) electrons. The predicted octanol–water partition coefficient (Wildman–Crippen LogP) is 2.59. The number of hydrogen-bond donors (Lipinski definition) is 1. The van der Waals surface area contributed by atoms with E-state index in [1.54, 1.807) is 0 Å². The maximum absolute atomic E-state index is 4.11. The van der Waals surface area contributed by atoms with Gasteiger partial charge in [0.25, 0.3) is 0 Å². The Morgan fingerprint density at radius 3 is 2.33 bits per heavy atom. The Morgan fingerprint density at radius 1 is 1.33 bits per heavy atom. The van der Waals surface area contributed by atoms with E-state index in [9.17, 15) is 0 Å². The van der Waals surface area contributed by atoms with Crippen molar-refractivity contribution in [1.29, 1.82) is 0 Å². The lowest BCUT2D eigenvalue weighted by molar-refractivity contribution is 0.168. The molecule has 0 amide bonds. The molecule has 1 nitrogen and oxygen atoms in total. The molecule has 0 unspecified atom stereocenters. The van der Waals surface area contributed by atoms with Crippen LogP contribution in [0, 0.1) is 0 Å². The molecule has 0 saturated heterocycles. The molecule has 0 N–H and O–H groups in total. The van der Waals surface area contributed by atoms with Gasteiger partial charge in [0.2, 0.25) is 0 Å². The van der Waals surface area contributed by atoms with Crippen molar-refractivity contribution in [3.8, 4) is 0 Å². The molecule has 72 valence electrons. The van der Waals surface area contributed by atoms with Gasteiger partial charge >= 0.3 is 0 Å². The quantitative estimate of drug-likeness (QED) is 0.511. The van der Waals surface area contributed by atoms with Gasteiger partial charge in [0.1, 0.15) is 0 Å². The zero-order valence-electron chi connectivity index (χ0n) is 8.67. The highest BCUT2D eigenvalue weighted by Crippen LogP contribution is 2.15. The van der Waals surface area contributed by atoms with E-state index in [1.807, 2.05) is 0 Å². The van der Waals surface area contributed by atoms with Crippen LogP contribution >= 0.6 is 12.6 Å². The van der Waals surface area contributed by atoms with Gasteiger partial charge in [-0.05, 0) is 27.3 Å². The number of likely N-dealkylation sites (N-methyl/N-ethyl adjacent to an activating group) is 1. The highest BCUT2D eigenvalue weighted by atomic mass is 32.1. The summed E-state index contributed by atoms with van der Waals surface area (Å²) in [5.41, 5.74) is 0.306. The SMILES string of the molecule is CCC(C)(C)N(C)CC=CCS. The summed E-state index contributed by atoms with van der Waals surface area (Å²) in [6.45, 7) is 7.77. The Morgan fingerprint density at radius 2 is 1.92 bits per heavy atom. The first-order valence-electron chi connectivity index (χ1n) is 4.51. The summed E-state index contributed by atoms with van der Waals surface area (Å²) >= 11 is 4.11. The fraction of sp³-hybridized carbons (Fsp3) is 0.800. The Hall–Kier alpha value is 0.0500. The van der Waals surface area contributed by atoms with Crippen molar-refractivity contribution in [3.05, 3.63) is 12.2 Å². The lowest BCUT2D eigenvalue weighted by atomic mass is 10.0. The van der Waals surface area contributed by atoms with E-state index in [1.165, 1.54) is 6.42 Å². The Balaban J connectivity index is 3.86. The van der Waals surface area contributed by atoms with Crippen molar-refractivity contribution in [2.45, 2.75) is 32.7 Å². The number of nitrogens with zero attached hydrogens (tertiary/aromatic N) is 1. The van der Waals surface area contributed by atoms with Gasteiger partial charge < -0.3 is 0 Å². The summed E-state index contributed by atoms with van der Waals surface area (Å²) in [4.78, 5) is 2.35. The van der Waals surface area contributed by atoms with E-state index < -0.39 is 0 Å². The fourth-order valence-corrected chi connectivity index (χ4v) is 0.973. The molecule has 2 heteroatoms. The van der Waals surface area contributed by atoms with Crippen molar-refractivity contribution in [1.82, 2.24) is 4.90 Å². The predicted molar refractivity (Wildman–Crippen MR) is 60.0 cm³/mol. The van der Waals surface area contributed by atoms with Crippen LogP contribution in [0.4, 0.5) is 0 Å². The van der Waals surface area contributed by atoms with Crippen molar-refractivity contribution in [3.63, 3.8) is 0 Å². The Bertz CT molecular complexity index is 141. The van der Waals surface area contributed by atoms with Crippen molar-refractivity contribution >= 4 is 12.6 Å². The smallest absolute Gasteiger partial charge is 0.0165 e. The second kappa shape index (κ2) is 5.65. The molecule has 0 bridgehead atoms. The van der Waals surface area contributed by atoms with E-state index in [0.717, 1.165) is 12.3 Å². The van der Waals surface area contributed by atoms with Gasteiger partial charge in [0.15, 0.2) is 0 Å². The third-order valence-electron chi connectivity index (χ3n) is 2.55. The number of thiol groups is 1. The van der Waals surface area contributed by atoms with Crippen LogP contribution in [0.5, 0.6) is 0 Å². The maximum atomic E-state index is 4.11. The summed E-state index contributed by atoms with van der Waals surface area (Å²) in [6.07, 6.45) is 5.44. The molecule has 12 heavy (non-hydrogen) atoms. The van der Waals surface area contributed by atoms with Crippen molar-refractivity contribution < 1.29 is 0 Å². The van der Waals surface area contributed by atoms with Gasteiger partial charge in [-0.25, -0.2) is 0 Å². The molecule has 0 saturated carbocycles. The Kier molecular flexibility index (Phi) is 5.68. The minimum atomic E-state index is 0.306. The van der Waals surface area contributed by atoms with Crippen LogP contribution in [-0.4, -0.2) is 29.8 Å². The second-order valence-corrected chi connectivity index (χ2v) is 4.07. The second-order valence-electron chi connectivity index (χ2n) is 3.70. The third kappa shape index (κ3) is 4.17. The molecule has 0 fully saturated rings. The first-order chi connectivity index (χ1) is 5.54. The summed E-state index contributed by atoms with van der Waals surface area (Å²) in [6, 6.07) is 0. The Labute approximate surface area is 82.2 Å². The zero-order valence-corrected chi connectivity index (χ0v) is 9.56. The molecule has 0 aromatic rings. The normalized spacial score (nSPS) is 13.2. The van der Waals surface area contributed by atoms with E-state index in [2.05, 4.69) is 57.5 Å². The fourth-order valence-electron chi connectivity index (χ4n) is 0.824. The average Bonchev–Trinajstić information content (AvgIpc) is 2.05. The molecule has 0 aliphatic carbocycles. The van der Waals surface area contributed by atoms with Crippen molar-refractivity contribution in [2.24, 2.45) is 0 Å². The van der Waals surface area contributed by atoms with Crippen LogP contribution in [0.2, 0.25) is 0 Å². The summed E-state index contributed by atoms with van der Waals surface area (Å²) < 4.78 is 0. The first-order valence-corrected chi connectivity index (χ1v) is 5.15. The van der Waals surface area contributed by atoms with E-state index >= 15 is 0 Å². The topological polar surface area (TPSA) is 3.24 Å². The molecule has 0 atom stereocenters. The molecular formula is C10H21NS. The van der Waals surface area contributed by atoms with E-state index in [-0.39, 0.29) is 0 Å². The van der Waals surface area contributed by atoms with Gasteiger partial charge in [0, 0.05) is 17.8 Å². The summed E-state index contributed by atoms with van der Waals surface area (Å²) in [5.74, 6) is 0.834. The van der Waals surface area contributed by atoms with Crippen LogP contribution in [0.15, 0.2) is 12.2 Å². The number of hydrogen-bond acceptors (Lipinski definition) is 2. The van der Waals surface area contributed by atoms with Crippen molar-refractivity contribution in [2.75, 3.05) is 19.3 Å². The lowest BCUT2D eigenvalue weighted by Gasteiger charge is -2.33. The molecule has 0 spiro atoms. The lowest BCUT2D eigenvalue weighted by Crippen LogP contribution is -2.40. The summed E-state index contributed by atoms with van der Waals surface area (Å²) in [5, 5.41) is 0. The zero-order chi connectivity index (χ0) is 9.61. The minimum Gasteiger partial charge on any atom is -0.298 e. The minimum absolute atomic E-state index is 0.306. The number of rotatable bonds is 5. The third-order valence-corrected chi connectivity index (χ3v) is 2.76. The van der Waals surface area contributed by atoms with E-state index in [4.69, 9.17) is 0 Å². The van der Waals surface area contributed by atoms with E-state index in [0.29, 0.717) is 5.54 Å². The monoisotopic (exact) mass is 187 g/mol. The van der Waals surface area contributed by atoms with Gasteiger partial charge in [-0.3, -0.25) is 4.90 Å². The van der Waals surface area contributed by atoms with Crippen LogP contribution < -0.4 is 0 Å². The van der Waals surface area contributed by atoms with Crippen LogP contribution in [0.3, 0.4) is 0 Å². The maximum Gasteiger partial charge on any atom is 0.0165 e. The van der Waals surface area contributed by atoms with Crippen LogP contribution in [0.25, 0.3) is 0 Å². The molecule has 0 aliphatic heterocycles. The molecule has 0 heterocycles. The van der Waals surface area contributed by atoms with Gasteiger partial charge in [-0.1, -0.05) is 19.1 Å². The average molecular weight is 187 g/mol. The largest absolute Gasteiger partial charge is 0.298 e. The van der Waals surface area contributed by atoms with Gasteiger partial charge in [-0.2, -0.15) is 12.6 Å². The van der Waals surface area contributed by atoms with Gasteiger partial charge in [0.05, 0.1) is 0 Å². The molecule has 0 aromatic heterocycles. The van der Waals surface area contributed by atoms with Crippen LogP contribution in [0.1, 0.15) is 27.2 Å². The first kappa shape index (κ1) is 12.0. The highest BCUT2D eigenvalue weighted by molar-refractivity contribution is 7.80. The molecule has 0 aromatic carbocycles.